The highest BCUT2D eigenvalue weighted by molar-refractivity contribution is 9.10. The lowest BCUT2D eigenvalue weighted by Crippen LogP contribution is -2.40. The number of benzene rings is 1. The molecule has 0 heterocycles. The second kappa shape index (κ2) is 7.66. The number of hydrogen-bond donors (Lipinski definition) is 2. The van der Waals surface area contributed by atoms with Gasteiger partial charge in [0.05, 0.1) is 12.3 Å². The lowest BCUT2D eigenvalue weighted by atomic mass is 9.96. The van der Waals surface area contributed by atoms with E-state index < -0.39 is 9.84 Å². The topological polar surface area (TPSA) is 70.6 Å². The zero-order chi connectivity index (χ0) is 16.9. The molecule has 1 fully saturated rings. The van der Waals surface area contributed by atoms with Crippen LogP contribution in [0.15, 0.2) is 33.7 Å². The van der Waals surface area contributed by atoms with Crippen molar-refractivity contribution in [3.05, 3.63) is 34.3 Å². The lowest BCUT2D eigenvalue weighted by Gasteiger charge is -2.17. The Morgan fingerprint density at radius 3 is 2.57 bits per heavy atom. The molecule has 0 bridgehead atoms. The number of aliphatic imine (C=N–C) groups is 1. The summed E-state index contributed by atoms with van der Waals surface area (Å²) in [6, 6.07) is 8.29. The van der Waals surface area contributed by atoms with Crippen molar-refractivity contribution in [3.63, 3.8) is 0 Å². The van der Waals surface area contributed by atoms with Crippen molar-refractivity contribution < 1.29 is 8.42 Å². The van der Waals surface area contributed by atoms with E-state index in [1.165, 1.54) is 11.8 Å². The minimum atomic E-state index is -2.97. The van der Waals surface area contributed by atoms with Crippen LogP contribution in [0, 0.1) is 0 Å². The maximum atomic E-state index is 11.2. The van der Waals surface area contributed by atoms with E-state index in [4.69, 9.17) is 0 Å². The van der Waals surface area contributed by atoms with Crippen molar-refractivity contribution in [2.45, 2.75) is 25.2 Å². The zero-order valence-electron chi connectivity index (χ0n) is 13.6. The van der Waals surface area contributed by atoms with Gasteiger partial charge < -0.3 is 10.6 Å². The van der Waals surface area contributed by atoms with E-state index in [2.05, 4.69) is 49.8 Å². The Kier molecular flexibility index (Phi) is 6.08. The molecular weight excluding hydrogens is 378 g/mol. The largest absolute Gasteiger partial charge is 0.357 e. The maximum Gasteiger partial charge on any atom is 0.191 e. The third-order valence-corrected chi connectivity index (χ3v) is 5.59. The van der Waals surface area contributed by atoms with Crippen molar-refractivity contribution in [3.8, 4) is 0 Å². The summed E-state index contributed by atoms with van der Waals surface area (Å²) in [4.78, 5) is 4.66. The van der Waals surface area contributed by atoms with Crippen LogP contribution < -0.4 is 10.6 Å². The summed E-state index contributed by atoms with van der Waals surface area (Å²) in [7, 11) is -2.97. The van der Waals surface area contributed by atoms with E-state index in [-0.39, 0.29) is 11.2 Å². The molecule has 2 rings (SSSR count). The van der Waals surface area contributed by atoms with Crippen molar-refractivity contribution in [1.29, 1.82) is 0 Å². The third kappa shape index (κ3) is 5.49. The van der Waals surface area contributed by atoms with Crippen LogP contribution in [0.3, 0.4) is 0 Å². The third-order valence-electron chi connectivity index (χ3n) is 3.95. The molecule has 1 aliphatic carbocycles. The standard InChI is InChI=1S/C16H24BrN3O2S/c1-3-18-15(19-10-11-23(2,21)22)20-12-16(8-9-16)13-6-4-5-7-14(13)17/h4-7H,3,8-12H2,1-2H3,(H2,18,19,20). The molecule has 0 spiro atoms. The first-order valence-electron chi connectivity index (χ1n) is 7.81. The van der Waals surface area contributed by atoms with Gasteiger partial charge in [0.25, 0.3) is 0 Å². The highest BCUT2D eigenvalue weighted by atomic mass is 79.9. The summed E-state index contributed by atoms with van der Waals surface area (Å²) >= 11 is 3.63. The Balaban J connectivity index is 2.01. The van der Waals surface area contributed by atoms with Gasteiger partial charge in [-0.1, -0.05) is 34.1 Å². The quantitative estimate of drug-likeness (QED) is 0.541. The molecule has 0 aromatic heterocycles. The van der Waals surface area contributed by atoms with Crippen LogP contribution in [0.5, 0.6) is 0 Å². The number of guanidine groups is 1. The average Bonchev–Trinajstić information content (AvgIpc) is 3.25. The van der Waals surface area contributed by atoms with Gasteiger partial charge in [-0.2, -0.15) is 0 Å². The molecule has 2 N–H and O–H groups in total. The summed E-state index contributed by atoms with van der Waals surface area (Å²) in [6.45, 7) is 3.80. The van der Waals surface area contributed by atoms with Gasteiger partial charge in [-0.15, -0.1) is 0 Å². The second-order valence-electron chi connectivity index (χ2n) is 6.01. The molecule has 128 valence electrons. The van der Waals surface area contributed by atoms with E-state index in [0.717, 1.165) is 23.9 Å². The minimum Gasteiger partial charge on any atom is -0.357 e. The zero-order valence-corrected chi connectivity index (χ0v) is 16.0. The van der Waals surface area contributed by atoms with Gasteiger partial charge in [0, 0.05) is 29.2 Å². The van der Waals surface area contributed by atoms with E-state index in [1.54, 1.807) is 0 Å². The summed E-state index contributed by atoms with van der Waals surface area (Å²) in [5, 5.41) is 6.26. The molecule has 1 saturated carbocycles. The average molecular weight is 402 g/mol. The molecule has 1 aliphatic rings. The first-order valence-corrected chi connectivity index (χ1v) is 10.7. The van der Waals surface area contributed by atoms with Crippen LogP contribution >= 0.6 is 15.9 Å². The molecule has 0 aliphatic heterocycles. The Hall–Kier alpha value is -1.08. The molecule has 1 aromatic carbocycles. The van der Waals surface area contributed by atoms with Crippen molar-refractivity contribution >= 4 is 31.7 Å². The molecule has 23 heavy (non-hydrogen) atoms. The van der Waals surface area contributed by atoms with Gasteiger partial charge >= 0.3 is 0 Å². The SMILES string of the molecule is CCNC(=NCC1(c2ccccc2Br)CC1)NCCS(C)(=O)=O. The van der Waals surface area contributed by atoms with Gasteiger partial charge in [-0.05, 0) is 31.4 Å². The summed E-state index contributed by atoms with van der Waals surface area (Å²) in [5.41, 5.74) is 1.41. The number of hydrogen-bond acceptors (Lipinski definition) is 3. The van der Waals surface area contributed by atoms with Gasteiger partial charge in [0.2, 0.25) is 0 Å². The van der Waals surface area contributed by atoms with E-state index in [9.17, 15) is 8.42 Å². The predicted molar refractivity (Wildman–Crippen MR) is 98.7 cm³/mol. The predicted octanol–water partition coefficient (Wildman–Crippen LogP) is 2.08. The lowest BCUT2D eigenvalue weighted by molar-refractivity contribution is 0.600. The molecule has 0 amide bonds. The van der Waals surface area contributed by atoms with Gasteiger partial charge in [0.1, 0.15) is 9.84 Å². The number of nitrogens with one attached hydrogen (secondary N) is 2. The molecule has 1 aromatic rings. The number of halogens is 1. The van der Waals surface area contributed by atoms with Crippen LogP contribution in [-0.2, 0) is 15.3 Å². The Morgan fingerprint density at radius 2 is 2.00 bits per heavy atom. The fourth-order valence-electron chi connectivity index (χ4n) is 2.48. The molecule has 7 heteroatoms. The van der Waals surface area contributed by atoms with Crippen LogP contribution in [0.25, 0.3) is 0 Å². The highest BCUT2D eigenvalue weighted by Gasteiger charge is 2.45. The number of rotatable bonds is 7. The van der Waals surface area contributed by atoms with Crippen LogP contribution in [0.1, 0.15) is 25.3 Å². The van der Waals surface area contributed by atoms with Crippen molar-refractivity contribution in [2.24, 2.45) is 4.99 Å². The number of nitrogens with zero attached hydrogens (tertiary/aromatic N) is 1. The first-order chi connectivity index (χ1) is 10.9. The fourth-order valence-corrected chi connectivity index (χ4v) is 3.66. The molecule has 0 saturated heterocycles. The van der Waals surface area contributed by atoms with Gasteiger partial charge in [-0.3, -0.25) is 4.99 Å². The summed E-state index contributed by atoms with van der Waals surface area (Å²) < 4.78 is 23.6. The monoisotopic (exact) mass is 401 g/mol. The Labute approximate surface area is 147 Å². The van der Waals surface area contributed by atoms with Crippen molar-refractivity contribution in [1.82, 2.24) is 10.6 Å². The minimum absolute atomic E-state index is 0.104. The Bertz CT molecular complexity index is 670. The van der Waals surface area contributed by atoms with Gasteiger partial charge in [0.15, 0.2) is 5.96 Å². The fraction of sp³-hybridized carbons (Fsp3) is 0.562. The van der Waals surface area contributed by atoms with E-state index in [0.29, 0.717) is 19.0 Å². The van der Waals surface area contributed by atoms with E-state index >= 15 is 0 Å². The second-order valence-corrected chi connectivity index (χ2v) is 9.13. The van der Waals surface area contributed by atoms with Gasteiger partial charge in [-0.25, -0.2) is 8.42 Å². The summed E-state index contributed by atoms with van der Waals surface area (Å²) in [6.07, 6.45) is 3.49. The molecule has 0 unspecified atom stereocenters. The number of sulfone groups is 1. The Morgan fingerprint density at radius 1 is 1.30 bits per heavy atom. The molecule has 0 radical (unpaired) electrons. The van der Waals surface area contributed by atoms with Crippen LogP contribution in [-0.4, -0.2) is 46.0 Å². The first kappa shape index (κ1) is 18.3. The smallest absolute Gasteiger partial charge is 0.191 e. The molecule has 0 atom stereocenters. The molecule has 5 nitrogen and oxygen atoms in total. The maximum absolute atomic E-state index is 11.2. The normalized spacial score (nSPS) is 16.9. The molecular formula is C16H24BrN3O2S. The van der Waals surface area contributed by atoms with Crippen LogP contribution in [0.4, 0.5) is 0 Å². The van der Waals surface area contributed by atoms with E-state index in [1.807, 2.05) is 13.0 Å². The van der Waals surface area contributed by atoms with Crippen molar-refractivity contribution in [2.75, 3.05) is 31.6 Å². The highest BCUT2D eigenvalue weighted by Crippen LogP contribution is 2.50. The summed E-state index contributed by atoms with van der Waals surface area (Å²) in [5.74, 6) is 0.779. The van der Waals surface area contributed by atoms with Crippen LogP contribution in [0.2, 0.25) is 0 Å².